The molecule has 1 aliphatic rings. The highest BCUT2D eigenvalue weighted by molar-refractivity contribution is 9.10. The van der Waals surface area contributed by atoms with Gasteiger partial charge in [0.25, 0.3) is 5.91 Å². The summed E-state index contributed by atoms with van der Waals surface area (Å²) in [5.74, 6) is -1.04. The van der Waals surface area contributed by atoms with Crippen LogP contribution in [0.3, 0.4) is 0 Å². The van der Waals surface area contributed by atoms with Crippen molar-refractivity contribution in [2.75, 3.05) is 29.9 Å². The number of carbonyl (C=O) groups excluding carboxylic acids is 2. The molecule has 1 aliphatic heterocycles. The summed E-state index contributed by atoms with van der Waals surface area (Å²) in [6.45, 7) is 1.89. The maximum Gasteiger partial charge on any atom is 0.251 e. The lowest BCUT2D eigenvalue weighted by Crippen LogP contribution is -2.28. The quantitative estimate of drug-likeness (QED) is 0.724. The Bertz CT molecular complexity index is 820. The predicted octanol–water partition coefficient (Wildman–Crippen LogP) is 3.95. The number of nitrogens with one attached hydrogen (secondary N) is 2. The normalized spacial score (nSPS) is 13.5. The highest BCUT2D eigenvalue weighted by atomic mass is 79.9. The van der Waals surface area contributed by atoms with Crippen LogP contribution in [0.5, 0.6) is 0 Å². The van der Waals surface area contributed by atoms with Gasteiger partial charge in [-0.05, 0) is 49.2 Å². The van der Waals surface area contributed by atoms with Crippen LogP contribution in [0.1, 0.15) is 29.6 Å². The van der Waals surface area contributed by atoms with Crippen molar-refractivity contribution in [1.29, 1.82) is 0 Å². The third-order valence-corrected chi connectivity index (χ3v) is 4.98. The Morgan fingerprint density at radius 1 is 1.07 bits per heavy atom. The van der Waals surface area contributed by atoms with E-state index in [1.165, 1.54) is 6.07 Å². The Balaban J connectivity index is 1.55. The molecule has 0 unspecified atom stereocenters. The van der Waals surface area contributed by atoms with Crippen LogP contribution in [0, 0.1) is 5.82 Å². The van der Waals surface area contributed by atoms with E-state index in [4.69, 9.17) is 0 Å². The summed E-state index contributed by atoms with van der Waals surface area (Å²) in [6, 6.07) is 11.8. The minimum atomic E-state index is -0.452. The van der Waals surface area contributed by atoms with E-state index >= 15 is 0 Å². The maximum absolute atomic E-state index is 14.3. The van der Waals surface area contributed by atoms with Crippen molar-refractivity contribution in [2.24, 2.45) is 0 Å². The molecule has 0 radical (unpaired) electrons. The molecule has 1 heterocycles. The van der Waals surface area contributed by atoms with Gasteiger partial charge in [-0.25, -0.2) is 4.39 Å². The van der Waals surface area contributed by atoms with E-state index in [1.807, 2.05) is 6.07 Å². The van der Waals surface area contributed by atoms with Crippen LogP contribution in [-0.4, -0.2) is 31.4 Å². The van der Waals surface area contributed by atoms with Crippen LogP contribution in [0.25, 0.3) is 0 Å². The molecule has 0 atom stereocenters. The molecule has 0 spiro atoms. The molecule has 0 saturated carbocycles. The number of anilines is 2. The number of rotatable bonds is 6. The molecule has 142 valence electrons. The summed E-state index contributed by atoms with van der Waals surface area (Å²) in [6.07, 6.45) is 2.19. The summed E-state index contributed by atoms with van der Waals surface area (Å²) in [5.41, 5.74) is 1.44. The number of nitrogens with zero attached hydrogens (tertiary/aromatic N) is 1. The average molecular weight is 434 g/mol. The van der Waals surface area contributed by atoms with Crippen molar-refractivity contribution in [1.82, 2.24) is 5.32 Å². The van der Waals surface area contributed by atoms with Gasteiger partial charge in [-0.2, -0.15) is 0 Å². The van der Waals surface area contributed by atoms with E-state index in [0.29, 0.717) is 11.3 Å². The Labute approximate surface area is 166 Å². The van der Waals surface area contributed by atoms with Gasteiger partial charge in [0.15, 0.2) is 0 Å². The van der Waals surface area contributed by atoms with Gasteiger partial charge in [0.2, 0.25) is 5.91 Å². The van der Waals surface area contributed by atoms with Crippen LogP contribution in [0.4, 0.5) is 15.8 Å². The number of hydrogen-bond acceptors (Lipinski definition) is 3. The summed E-state index contributed by atoms with van der Waals surface area (Å²) >= 11 is 3.32. The van der Waals surface area contributed by atoms with Crippen LogP contribution < -0.4 is 15.5 Å². The zero-order chi connectivity index (χ0) is 19.2. The molecule has 27 heavy (non-hydrogen) atoms. The third kappa shape index (κ3) is 5.07. The first-order chi connectivity index (χ1) is 13.0. The highest BCUT2D eigenvalue weighted by Gasteiger charge is 2.19. The Kier molecular flexibility index (Phi) is 6.45. The standard InChI is InChI=1S/C20H21BrFN3O2/c21-15-8-6-14(7-9-15)20(27)23-11-10-18(26)24-19-16(22)4-3-5-17(19)25-12-1-2-13-25/h3-9H,1-2,10-13H2,(H,23,27)(H,24,26). The number of amides is 2. The molecule has 0 bridgehead atoms. The van der Waals surface area contributed by atoms with Crippen molar-refractivity contribution >= 4 is 39.1 Å². The SMILES string of the molecule is O=C(CCNC(=O)c1ccc(Br)cc1)Nc1c(F)cccc1N1CCCC1. The first kappa shape index (κ1) is 19.4. The first-order valence-corrected chi connectivity index (χ1v) is 9.71. The van der Waals surface area contributed by atoms with Gasteiger partial charge in [-0.15, -0.1) is 0 Å². The molecule has 2 aromatic carbocycles. The highest BCUT2D eigenvalue weighted by Crippen LogP contribution is 2.31. The number of para-hydroxylation sites is 1. The lowest BCUT2D eigenvalue weighted by atomic mass is 10.2. The second-order valence-corrected chi connectivity index (χ2v) is 7.30. The van der Waals surface area contributed by atoms with Gasteiger partial charge in [-0.3, -0.25) is 9.59 Å². The zero-order valence-electron chi connectivity index (χ0n) is 14.8. The van der Waals surface area contributed by atoms with E-state index in [2.05, 4.69) is 31.5 Å². The largest absolute Gasteiger partial charge is 0.370 e. The number of carbonyl (C=O) groups is 2. The second kappa shape index (κ2) is 8.99. The predicted molar refractivity (Wildman–Crippen MR) is 108 cm³/mol. The monoisotopic (exact) mass is 433 g/mol. The zero-order valence-corrected chi connectivity index (χ0v) is 16.4. The fourth-order valence-electron chi connectivity index (χ4n) is 3.05. The minimum absolute atomic E-state index is 0.0655. The molecule has 7 heteroatoms. The van der Waals surface area contributed by atoms with E-state index in [-0.39, 0.29) is 30.5 Å². The molecule has 2 aromatic rings. The fraction of sp³-hybridized carbons (Fsp3) is 0.300. The molecule has 0 aromatic heterocycles. The molecule has 3 rings (SSSR count). The topological polar surface area (TPSA) is 61.4 Å². The molecule has 0 aliphatic carbocycles. The summed E-state index contributed by atoms with van der Waals surface area (Å²) < 4.78 is 15.1. The number of hydrogen-bond donors (Lipinski definition) is 2. The summed E-state index contributed by atoms with van der Waals surface area (Å²) in [4.78, 5) is 26.4. The van der Waals surface area contributed by atoms with E-state index in [0.717, 1.165) is 30.4 Å². The lowest BCUT2D eigenvalue weighted by molar-refractivity contribution is -0.116. The van der Waals surface area contributed by atoms with Gasteiger partial charge in [-0.1, -0.05) is 22.0 Å². The van der Waals surface area contributed by atoms with Crippen molar-refractivity contribution in [2.45, 2.75) is 19.3 Å². The van der Waals surface area contributed by atoms with Gasteiger partial charge in [0.1, 0.15) is 11.5 Å². The molecule has 1 saturated heterocycles. The van der Waals surface area contributed by atoms with E-state index < -0.39 is 5.82 Å². The van der Waals surface area contributed by atoms with Crippen LogP contribution in [0.2, 0.25) is 0 Å². The Morgan fingerprint density at radius 3 is 2.48 bits per heavy atom. The summed E-state index contributed by atoms with van der Waals surface area (Å²) in [7, 11) is 0. The first-order valence-electron chi connectivity index (χ1n) is 8.91. The van der Waals surface area contributed by atoms with Gasteiger partial charge in [0, 0.05) is 36.1 Å². The van der Waals surface area contributed by atoms with Gasteiger partial charge in [0.05, 0.1) is 5.69 Å². The van der Waals surface area contributed by atoms with Gasteiger partial charge < -0.3 is 15.5 Å². The Hall–Kier alpha value is -2.41. The molecule has 5 nitrogen and oxygen atoms in total. The van der Waals surface area contributed by atoms with E-state index in [9.17, 15) is 14.0 Å². The molecule has 2 N–H and O–H groups in total. The second-order valence-electron chi connectivity index (χ2n) is 6.39. The summed E-state index contributed by atoms with van der Waals surface area (Å²) in [5, 5.41) is 5.36. The van der Waals surface area contributed by atoms with Crippen molar-refractivity contribution in [3.8, 4) is 0 Å². The van der Waals surface area contributed by atoms with Crippen molar-refractivity contribution < 1.29 is 14.0 Å². The van der Waals surface area contributed by atoms with Crippen LogP contribution >= 0.6 is 15.9 Å². The molecular formula is C20H21BrFN3O2. The number of halogens is 2. The fourth-order valence-corrected chi connectivity index (χ4v) is 3.32. The maximum atomic E-state index is 14.3. The minimum Gasteiger partial charge on any atom is -0.370 e. The lowest BCUT2D eigenvalue weighted by Gasteiger charge is -2.22. The van der Waals surface area contributed by atoms with Crippen LogP contribution in [0.15, 0.2) is 46.9 Å². The van der Waals surface area contributed by atoms with Gasteiger partial charge >= 0.3 is 0 Å². The smallest absolute Gasteiger partial charge is 0.251 e. The third-order valence-electron chi connectivity index (χ3n) is 4.45. The van der Waals surface area contributed by atoms with Crippen molar-refractivity contribution in [3.05, 3.63) is 58.3 Å². The average Bonchev–Trinajstić information content (AvgIpc) is 3.18. The van der Waals surface area contributed by atoms with E-state index in [1.54, 1.807) is 30.3 Å². The molecule has 2 amide bonds. The number of benzene rings is 2. The van der Waals surface area contributed by atoms with Crippen molar-refractivity contribution in [3.63, 3.8) is 0 Å². The Morgan fingerprint density at radius 2 is 1.78 bits per heavy atom. The molecular weight excluding hydrogens is 413 g/mol. The van der Waals surface area contributed by atoms with Crippen LogP contribution in [-0.2, 0) is 4.79 Å². The molecule has 1 fully saturated rings.